The molecule has 0 aliphatic heterocycles. The van der Waals surface area contributed by atoms with Crippen LogP contribution >= 0.6 is 0 Å². The lowest BCUT2D eigenvalue weighted by Gasteiger charge is -2.22. The first-order valence-corrected chi connectivity index (χ1v) is 31.9. The Bertz CT molecular complexity index is 1050. The molecule has 2 unspecified atom stereocenters. The number of rotatable bonds is 60. The molecule has 0 aromatic carbocycles. The van der Waals surface area contributed by atoms with Crippen LogP contribution in [-0.4, -0.2) is 47.4 Å². The Hall–Kier alpha value is -1.40. The molecule has 0 fully saturated rings. The summed E-state index contributed by atoms with van der Waals surface area (Å²) in [6.07, 6.45) is 72.3. The van der Waals surface area contributed by atoms with Crippen molar-refractivity contribution in [2.45, 2.75) is 373 Å². The van der Waals surface area contributed by atoms with E-state index in [9.17, 15) is 19.8 Å². The molecule has 0 aliphatic carbocycles. The Labute approximate surface area is 438 Å². The van der Waals surface area contributed by atoms with Crippen LogP contribution in [0.4, 0.5) is 0 Å². The molecule has 0 heterocycles. The normalized spacial score (nSPS) is 12.6. The molecule has 0 saturated carbocycles. The van der Waals surface area contributed by atoms with E-state index in [4.69, 9.17) is 4.74 Å². The molecular weight excluding hydrogens is 863 g/mol. The van der Waals surface area contributed by atoms with Gasteiger partial charge in [0.05, 0.1) is 25.4 Å². The van der Waals surface area contributed by atoms with E-state index in [2.05, 4.69) is 31.3 Å². The zero-order chi connectivity index (χ0) is 50.7. The fourth-order valence-electron chi connectivity index (χ4n) is 10.2. The van der Waals surface area contributed by atoms with Gasteiger partial charge < -0.3 is 20.3 Å². The summed E-state index contributed by atoms with van der Waals surface area (Å²) in [7, 11) is 0. The van der Waals surface area contributed by atoms with Gasteiger partial charge in [-0.1, -0.05) is 309 Å². The molecule has 6 nitrogen and oxygen atoms in total. The maximum absolute atomic E-state index is 12.5. The number of esters is 1. The Balaban J connectivity index is 3.37. The number of ether oxygens (including phenoxy) is 1. The van der Waals surface area contributed by atoms with E-state index in [1.807, 2.05) is 0 Å². The molecule has 416 valence electrons. The molecule has 3 N–H and O–H groups in total. The molecule has 6 heteroatoms. The van der Waals surface area contributed by atoms with Gasteiger partial charge >= 0.3 is 5.97 Å². The van der Waals surface area contributed by atoms with Crippen LogP contribution in [0, 0.1) is 0 Å². The number of aliphatic hydroxyl groups excluding tert-OH is 2. The first-order chi connectivity index (χ1) is 34.5. The highest BCUT2D eigenvalue weighted by molar-refractivity contribution is 5.76. The number of carbonyl (C=O) groups excluding carboxylic acids is 2. The second-order valence-corrected chi connectivity index (χ2v) is 22.1. The zero-order valence-corrected chi connectivity index (χ0v) is 47.5. The van der Waals surface area contributed by atoms with E-state index in [0.29, 0.717) is 25.9 Å². The van der Waals surface area contributed by atoms with Crippen LogP contribution in [0.5, 0.6) is 0 Å². The molecule has 0 radical (unpaired) electrons. The third-order valence-corrected chi connectivity index (χ3v) is 15.1. The largest absolute Gasteiger partial charge is 0.466 e. The molecule has 70 heavy (non-hydrogen) atoms. The van der Waals surface area contributed by atoms with Crippen molar-refractivity contribution in [3.05, 3.63) is 12.2 Å². The quantitative estimate of drug-likeness (QED) is 0.0321. The number of unbranched alkanes of at least 4 members (excludes halogenated alkanes) is 47. The highest BCUT2D eigenvalue weighted by Gasteiger charge is 2.20. The lowest BCUT2D eigenvalue weighted by atomic mass is 10.0. The predicted molar refractivity (Wildman–Crippen MR) is 306 cm³/mol. The van der Waals surface area contributed by atoms with Crippen LogP contribution < -0.4 is 5.32 Å². The van der Waals surface area contributed by atoms with Crippen LogP contribution in [0.1, 0.15) is 361 Å². The van der Waals surface area contributed by atoms with Gasteiger partial charge in [-0.15, -0.1) is 0 Å². The van der Waals surface area contributed by atoms with Gasteiger partial charge in [0.2, 0.25) is 5.91 Å². The molecular formula is C64H125NO5. The van der Waals surface area contributed by atoms with Crippen LogP contribution in [0.15, 0.2) is 12.2 Å². The molecule has 0 bridgehead atoms. The van der Waals surface area contributed by atoms with Crippen LogP contribution in [0.2, 0.25) is 0 Å². The van der Waals surface area contributed by atoms with Crippen molar-refractivity contribution in [3.63, 3.8) is 0 Å². The minimum atomic E-state index is -0.665. The maximum Gasteiger partial charge on any atom is 0.305 e. The number of allylic oxidation sites excluding steroid dienone is 2. The number of carbonyl (C=O) groups is 2. The lowest BCUT2D eigenvalue weighted by Crippen LogP contribution is -2.45. The second-order valence-electron chi connectivity index (χ2n) is 22.1. The number of nitrogens with one attached hydrogen (secondary N) is 1. The smallest absolute Gasteiger partial charge is 0.305 e. The number of aliphatic hydroxyl groups is 2. The molecule has 0 aromatic rings. The van der Waals surface area contributed by atoms with Crippen molar-refractivity contribution in [1.82, 2.24) is 5.32 Å². The molecule has 2 atom stereocenters. The van der Waals surface area contributed by atoms with Crippen molar-refractivity contribution in [3.8, 4) is 0 Å². The molecule has 1 amide bonds. The fourth-order valence-corrected chi connectivity index (χ4v) is 10.2. The number of hydrogen-bond donors (Lipinski definition) is 3. The Kier molecular flexibility index (Phi) is 59.0. The van der Waals surface area contributed by atoms with Crippen molar-refractivity contribution >= 4 is 11.9 Å². The van der Waals surface area contributed by atoms with Gasteiger partial charge in [0.25, 0.3) is 0 Å². The highest BCUT2D eigenvalue weighted by atomic mass is 16.5. The molecule has 0 aromatic heterocycles. The van der Waals surface area contributed by atoms with Crippen LogP contribution in [0.3, 0.4) is 0 Å². The molecule has 0 saturated heterocycles. The number of amides is 1. The van der Waals surface area contributed by atoms with Crippen LogP contribution in [0.25, 0.3) is 0 Å². The van der Waals surface area contributed by atoms with E-state index >= 15 is 0 Å². The molecule has 0 aliphatic rings. The van der Waals surface area contributed by atoms with Gasteiger partial charge in [-0.3, -0.25) is 9.59 Å². The Morgan fingerprint density at radius 3 is 1.01 bits per heavy atom. The summed E-state index contributed by atoms with van der Waals surface area (Å²) in [6, 6.07) is -0.543. The van der Waals surface area contributed by atoms with E-state index in [0.717, 1.165) is 38.5 Å². The third kappa shape index (κ3) is 55.9. The average molecular weight is 989 g/mol. The zero-order valence-electron chi connectivity index (χ0n) is 47.5. The topological polar surface area (TPSA) is 95.9 Å². The van der Waals surface area contributed by atoms with Gasteiger partial charge in [-0.25, -0.2) is 0 Å². The molecule has 0 spiro atoms. The van der Waals surface area contributed by atoms with E-state index < -0.39 is 12.1 Å². The summed E-state index contributed by atoms with van der Waals surface area (Å²) in [5.74, 6) is -0.0211. The highest BCUT2D eigenvalue weighted by Crippen LogP contribution is 2.18. The van der Waals surface area contributed by atoms with Crippen molar-refractivity contribution in [1.29, 1.82) is 0 Å². The monoisotopic (exact) mass is 988 g/mol. The molecule has 0 rings (SSSR count). The van der Waals surface area contributed by atoms with E-state index in [1.54, 1.807) is 0 Å². The van der Waals surface area contributed by atoms with E-state index in [1.165, 1.54) is 289 Å². The minimum Gasteiger partial charge on any atom is -0.466 e. The predicted octanol–water partition coefficient (Wildman–Crippen LogP) is 20.0. The SMILES string of the molecule is CCCCCCCCCCCCCCCCCCC(=O)OCCCCCCCCCCCCCC/C=C\CCCCCCCCCCC(=O)NC(CO)C(O)CCCCCCCCCCCCCCC. The third-order valence-electron chi connectivity index (χ3n) is 15.1. The van der Waals surface area contributed by atoms with Crippen molar-refractivity contribution in [2.75, 3.05) is 13.2 Å². The summed E-state index contributed by atoms with van der Waals surface area (Å²) in [4.78, 5) is 24.5. The summed E-state index contributed by atoms with van der Waals surface area (Å²) in [5, 5.41) is 23.2. The first-order valence-electron chi connectivity index (χ1n) is 31.9. The van der Waals surface area contributed by atoms with Gasteiger partial charge in [-0.2, -0.15) is 0 Å². The standard InChI is InChI=1S/C64H125NO5/c1-3-5-7-9-11-13-15-17-18-30-34-38-42-46-50-54-58-64(69)70-59-55-51-47-43-39-35-31-28-26-24-22-20-19-21-23-25-27-29-33-37-41-45-49-53-57-63(68)65-61(60-66)62(67)56-52-48-44-40-36-32-16-14-12-10-8-6-4-2/h21,23,61-62,66-67H,3-20,22,24-60H2,1-2H3,(H,65,68)/b23-21-. The summed E-state index contributed by atoms with van der Waals surface area (Å²) in [6.45, 7) is 4.98. The fraction of sp³-hybridized carbons (Fsp3) is 0.938. The first kappa shape index (κ1) is 68.6. The average Bonchev–Trinajstić information content (AvgIpc) is 3.36. The van der Waals surface area contributed by atoms with Gasteiger partial charge in [0, 0.05) is 12.8 Å². The van der Waals surface area contributed by atoms with Crippen LogP contribution in [-0.2, 0) is 14.3 Å². The Morgan fingerprint density at radius 2 is 0.671 bits per heavy atom. The van der Waals surface area contributed by atoms with Gasteiger partial charge in [0.15, 0.2) is 0 Å². The summed E-state index contributed by atoms with van der Waals surface area (Å²) < 4.78 is 5.50. The van der Waals surface area contributed by atoms with Crippen molar-refractivity contribution in [2.24, 2.45) is 0 Å². The summed E-state index contributed by atoms with van der Waals surface area (Å²) >= 11 is 0. The summed E-state index contributed by atoms with van der Waals surface area (Å²) in [5.41, 5.74) is 0. The maximum atomic E-state index is 12.5. The van der Waals surface area contributed by atoms with Crippen molar-refractivity contribution < 1.29 is 24.5 Å². The van der Waals surface area contributed by atoms with Gasteiger partial charge in [-0.05, 0) is 51.4 Å². The van der Waals surface area contributed by atoms with Gasteiger partial charge in [0.1, 0.15) is 0 Å². The Morgan fingerprint density at radius 1 is 0.386 bits per heavy atom. The lowest BCUT2D eigenvalue weighted by molar-refractivity contribution is -0.143. The number of hydrogen-bond acceptors (Lipinski definition) is 5. The van der Waals surface area contributed by atoms with E-state index in [-0.39, 0.29) is 18.5 Å². The second kappa shape index (κ2) is 60.2. The minimum absolute atomic E-state index is 0.0167.